The van der Waals surface area contributed by atoms with Gasteiger partial charge in [-0.05, 0) is 24.3 Å². The van der Waals surface area contributed by atoms with E-state index in [9.17, 15) is 9.90 Å². The van der Waals surface area contributed by atoms with E-state index in [1.165, 1.54) is 0 Å². The number of nitrogens with one attached hydrogen (secondary N) is 1. The Hall–Kier alpha value is -3.51. The van der Waals surface area contributed by atoms with Crippen molar-refractivity contribution in [1.29, 1.82) is 0 Å². The van der Waals surface area contributed by atoms with Gasteiger partial charge in [-0.25, -0.2) is 9.97 Å². The monoisotopic (exact) mass is 443 g/mol. The normalized spacial score (nSPS) is 11.2. The van der Waals surface area contributed by atoms with Crippen LogP contribution in [0.1, 0.15) is 0 Å². The fourth-order valence-electron chi connectivity index (χ4n) is 3.52. The van der Waals surface area contributed by atoms with Gasteiger partial charge in [-0.3, -0.25) is 4.79 Å². The van der Waals surface area contributed by atoms with Crippen LogP contribution in [0.2, 0.25) is 0 Å². The summed E-state index contributed by atoms with van der Waals surface area (Å²) in [6.45, 7) is 0. The third-order valence-electron chi connectivity index (χ3n) is 4.83. The van der Waals surface area contributed by atoms with Crippen molar-refractivity contribution in [2.24, 2.45) is 0 Å². The zero-order valence-electron chi connectivity index (χ0n) is 15.1. The molecule has 0 aliphatic rings. The maximum atomic E-state index is 13.1. The number of aromatic hydroxyl groups is 1. The zero-order chi connectivity index (χ0) is 20.0. The lowest BCUT2D eigenvalue weighted by Crippen LogP contribution is -2.06. The van der Waals surface area contributed by atoms with E-state index >= 15 is 0 Å². The fraction of sp³-hybridized carbons (Fsp3) is 0. The SMILES string of the molecule is O=c1nc2ccc(Br)cc2c(-c2ccccc2)nc1-c1c(O)[nH]c2ccccc12. The summed E-state index contributed by atoms with van der Waals surface area (Å²) < 4.78 is 0.862. The molecule has 0 amide bonds. The van der Waals surface area contributed by atoms with E-state index in [1.54, 1.807) is 6.07 Å². The molecule has 0 aliphatic heterocycles. The molecule has 0 fully saturated rings. The average molecular weight is 444 g/mol. The number of para-hydroxylation sites is 1. The Kier molecular flexibility index (Phi) is 4.14. The highest BCUT2D eigenvalue weighted by Gasteiger charge is 2.19. The number of fused-ring (bicyclic) bond motifs is 2. The number of hydrogen-bond donors (Lipinski definition) is 2. The van der Waals surface area contributed by atoms with Crippen LogP contribution in [0.4, 0.5) is 0 Å². The number of hydrogen-bond acceptors (Lipinski definition) is 4. The molecule has 5 rings (SSSR count). The summed E-state index contributed by atoms with van der Waals surface area (Å²) in [5.74, 6) is -0.104. The first-order valence-corrected chi connectivity index (χ1v) is 9.78. The second-order valence-electron chi connectivity index (χ2n) is 6.65. The topological polar surface area (TPSA) is 78.9 Å². The Morgan fingerprint density at radius 1 is 0.828 bits per heavy atom. The highest BCUT2D eigenvalue weighted by Crippen LogP contribution is 2.35. The van der Waals surface area contributed by atoms with Crippen LogP contribution >= 0.6 is 15.9 Å². The minimum Gasteiger partial charge on any atom is -0.494 e. The molecule has 2 N–H and O–H groups in total. The van der Waals surface area contributed by atoms with Crippen molar-refractivity contribution < 1.29 is 5.11 Å². The molecule has 2 heterocycles. The third-order valence-corrected chi connectivity index (χ3v) is 5.33. The van der Waals surface area contributed by atoms with Crippen LogP contribution in [-0.4, -0.2) is 20.1 Å². The number of benzene rings is 3. The molecule has 29 heavy (non-hydrogen) atoms. The predicted molar refractivity (Wildman–Crippen MR) is 118 cm³/mol. The van der Waals surface area contributed by atoms with Gasteiger partial charge in [0.25, 0.3) is 5.56 Å². The van der Waals surface area contributed by atoms with E-state index in [-0.39, 0.29) is 11.6 Å². The Morgan fingerprint density at radius 2 is 1.59 bits per heavy atom. The second-order valence-corrected chi connectivity index (χ2v) is 7.56. The summed E-state index contributed by atoms with van der Waals surface area (Å²) in [6, 6.07) is 22.6. The number of rotatable bonds is 2. The summed E-state index contributed by atoms with van der Waals surface area (Å²) >= 11 is 3.50. The van der Waals surface area contributed by atoms with Gasteiger partial charge in [0.2, 0.25) is 0 Å². The van der Waals surface area contributed by atoms with Crippen LogP contribution in [-0.2, 0) is 0 Å². The van der Waals surface area contributed by atoms with E-state index in [0.717, 1.165) is 20.9 Å². The predicted octanol–water partition coefficient (Wildman–Crippen LogP) is 5.27. The van der Waals surface area contributed by atoms with Gasteiger partial charge in [0.15, 0.2) is 5.88 Å². The van der Waals surface area contributed by atoms with Crippen LogP contribution < -0.4 is 5.56 Å². The van der Waals surface area contributed by atoms with Gasteiger partial charge in [0.1, 0.15) is 5.69 Å². The number of H-pyrrole nitrogens is 1. The number of halogens is 1. The molecule has 0 bridgehead atoms. The highest BCUT2D eigenvalue weighted by atomic mass is 79.9. The largest absolute Gasteiger partial charge is 0.494 e. The van der Waals surface area contributed by atoms with Gasteiger partial charge >= 0.3 is 0 Å². The zero-order valence-corrected chi connectivity index (χ0v) is 16.6. The molecule has 0 atom stereocenters. The minimum absolute atomic E-state index is 0.103. The number of aromatic amines is 1. The van der Waals surface area contributed by atoms with Crippen LogP contribution in [0.25, 0.3) is 44.3 Å². The molecule has 0 radical (unpaired) electrons. The summed E-state index contributed by atoms with van der Waals surface area (Å²) in [6.07, 6.45) is 0. The minimum atomic E-state index is -0.500. The Morgan fingerprint density at radius 3 is 2.41 bits per heavy atom. The van der Waals surface area contributed by atoms with Crippen molar-refractivity contribution >= 4 is 37.7 Å². The molecule has 2 aromatic heterocycles. The van der Waals surface area contributed by atoms with Crippen molar-refractivity contribution in [2.75, 3.05) is 0 Å². The van der Waals surface area contributed by atoms with Crippen molar-refractivity contribution in [3.05, 3.63) is 87.6 Å². The van der Waals surface area contributed by atoms with Crippen LogP contribution in [0.3, 0.4) is 0 Å². The lowest BCUT2D eigenvalue weighted by atomic mass is 10.1. The Bertz CT molecular complexity index is 1450. The number of nitrogens with zero attached hydrogens (tertiary/aromatic N) is 2. The highest BCUT2D eigenvalue weighted by molar-refractivity contribution is 9.10. The molecule has 6 heteroatoms. The Balaban J connectivity index is 1.96. The second kappa shape index (κ2) is 6.83. The first-order chi connectivity index (χ1) is 14.1. The molecule has 0 aliphatic carbocycles. The number of aromatic nitrogens is 3. The van der Waals surface area contributed by atoms with Crippen molar-refractivity contribution in [3.63, 3.8) is 0 Å². The van der Waals surface area contributed by atoms with E-state index in [4.69, 9.17) is 4.98 Å². The van der Waals surface area contributed by atoms with Gasteiger partial charge in [-0.15, -0.1) is 0 Å². The molecule has 0 unspecified atom stereocenters. The van der Waals surface area contributed by atoms with Crippen LogP contribution in [0.5, 0.6) is 5.88 Å². The van der Waals surface area contributed by atoms with E-state index < -0.39 is 5.56 Å². The Labute approximate surface area is 173 Å². The quantitative estimate of drug-likeness (QED) is 0.389. The van der Waals surface area contributed by atoms with E-state index in [1.807, 2.05) is 66.7 Å². The lowest BCUT2D eigenvalue weighted by molar-refractivity contribution is 0.460. The van der Waals surface area contributed by atoms with Gasteiger partial charge in [-0.1, -0.05) is 64.5 Å². The molecular weight excluding hydrogens is 430 g/mol. The van der Waals surface area contributed by atoms with Crippen LogP contribution in [0, 0.1) is 0 Å². The molecule has 140 valence electrons. The van der Waals surface area contributed by atoms with Gasteiger partial charge in [0, 0.05) is 26.3 Å². The molecular formula is C23H14BrN3O2. The molecule has 3 aromatic carbocycles. The summed E-state index contributed by atoms with van der Waals surface area (Å²) in [7, 11) is 0. The molecule has 0 spiro atoms. The van der Waals surface area contributed by atoms with E-state index in [0.29, 0.717) is 22.2 Å². The third kappa shape index (κ3) is 2.98. The van der Waals surface area contributed by atoms with E-state index in [2.05, 4.69) is 25.9 Å². The average Bonchev–Trinajstić information content (AvgIpc) is 2.99. The molecule has 0 saturated carbocycles. The molecule has 0 saturated heterocycles. The van der Waals surface area contributed by atoms with Gasteiger partial charge in [0.05, 0.1) is 16.8 Å². The van der Waals surface area contributed by atoms with Gasteiger partial charge in [-0.2, -0.15) is 0 Å². The first-order valence-electron chi connectivity index (χ1n) is 8.99. The molecule has 5 aromatic rings. The first kappa shape index (κ1) is 17.6. The maximum absolute atomic E-state index is 13.1. The van der Waals surface area contributed by atoms with Crippen molar-refractivity contribution in [1.82, 2.24) is 15.0 Å². The van der Waals surface area contributed by atoms with Crippen molar-refractivity contribution in [3.8, 4) is 28.4 Å². The smallest absolute Gasteiger partial charge is 0.297 e. The van der Waals surface area contributed by atoms with Crippen LogP contribution in [0.15, 0.2) is 82.1 Å². The maximum Gasteiger partial charge on any atom is 0.297 e. The standard InChI is InChI=1S/C23H14BrN3O2/c24-14-10-11-18-16(12-14)20(13-6-2-1-3-7-13)27-21(23(29)26-18)19-15-8-4-5-9-17(15)25-22(19)28/h1-12,25,28H. The van der Waals surface area contributed by atoms with Crippen molar-refractivity contribution in [2.45, 2.75) is 0 Å². The fourth-order valence-corrected chi connectivity index (χ4v) is 3.89. The summed E-state index contributed by atoms with van der Waals surface area (Å²) in [5.41, 5.74) is 2.70. The summed E-state index contributed by atoms with van der Waals surface area (Å²) in [5, 5.41) is 12.0. The molecule has 5 nitrogen and oxygen atoms in total. The summed E-state index contributed by atoms with van der Waals surface area (Å²) in [4.78, 5) is 25.1. The van der Waals surface area contributed by atoms with Gasteiger partial charge < -0.3 is 10.1 Å². The lowest BCUT2D eigenvalue weighted by Gasteiger charge is -2.03.